The third-order valence-electron chi connectivity index (χ3n) is 4.31. The molecule has 0 spiro atoms. The Balaban J connectivity index is 1.95. The fourth-order valence-electron chi connectivity index (χ4n) is 2.97. The minimum atomic E-state index is -1.01. The summed E-state index contributed by atoms with van der Waals surface area (Å²) in [4.78, 5) is 24.4. The van der Waals surface area contributed by atoms with E-state index in [0.717, 1.165) is 10.4 Å². The molecule has 0 bridgehead atoms. The van der Waals surface area contributed by atoms with Crippen LogP contribution in [0.4, 0.5) is 0 Å². The van der Waals surface area contributed by atoms with Gasteiger partial charge in [0.1, 0.15) is 11.5 Å². The zero-order valence-electron chi connectivity index (χ0n) is 15.0. The number of aliphatic carboxylic acids is 1. The van der Waals surface area contributed by atoms with E-state index in [1.807, 2.05) is 23.6 Å². The van der Waals surface area contributed by atoms with Gasteiger partial charge in [0, 0.05) is 23.3 Å². The molecule has 8 heteroatoms. The number of hydrogen-bond donors (Lipinski definition) is 1. The molecule has 1 amide bonds. The van der Waals surface area contributed by atoms with E-state index in [0.29, 0.717) is 23.6 Å². The fourth-order valence-corrected chi connectivity index (χ4v) is 3.79. The van der Waals surface area contributed by atoms with Crippen molar-refractivity contribution in [3.8, 4) is 11.5 Å². The summed E-state index contributed by atoms with van der Waals surface area (Å²) in [6, 6.07) is 9.04. The molecule has 3 rings (SSSR count). The monoisotopic (exact) mass is 388 g/mol. The average Bonchev–Trinajstić information content (AvgIpc) is 3.34. The van der Waals surface area contributed by atoms with E-state index in [-0.39, 0.29) is 24.8 Å². The second-order valence-corrected chi connectivity index (χ2v) is 6.96. The average molecular weight is 388 g/mol. The smallest absolute Gasteiger partial charge is 0.303 e. The SMILES string of the molecule is COc1ccc(OC)c(C2=NN(C(=O)CCC(=O)O)[C@@H](c3cccs3)C2)c1. The first-order chi connectivity index (χ1) is 13.0. The zero-order valence-corrected chi connectivity index (χ0v) is 15.9. The van der Waals surface area contributed by atoms with Gasteiger partial charge in [-0.1, -0.05) is 6.07 Å². The maximum Gasteiger partial charge on any atom is 0.303 e. The Morgan fingerprint density at radius 1 is 1.26 bits per heavy atom. The van der Waals surface area contributed by atoms with Crippen molar-refractivity contribution in [3.05, 3.63) is 46.2 Å². The molecule has 0 radical (unpaired) electrons. The van der Waals surface area contributed by atoms with Gasteiger partial charge in [0.2, 0.25) is 5.91 Å². The van der Waals surface area contributed by atoms with Crippen LogP contribution < -0.4 is 9.47 Å². The van der Waals surface area contributed by atoms with E-state index in [9.17, 15) is 9.59 Å². The Kier molecular flexibility index (Phi) is 5.75. The molecule has 27 heavy (non-hydrogen) atoms. The topological polar surface area (TPSA) is 88.4 Å². The lowest BCUT2D eigenvalue weighted by Gasteiger charge is -2.20. The quantitative estimate of drug-likeness (QED) is 0.786. The van der Waals surface area contributed by atoms with Gasteiger partial charge in [0.25, 0.3) is 0 Å². The van der Waals surface area contributed by atoms with Crippen molar-refractivity contribution in [1.29, 1.82) is 0 Å². The highest BCUT2D eigenvalue weighted by molar-refractivity contribution is 7.10. The number of methoxy groups -OCH3 is 2. The van der Waals surface area contributed by atoms with Crippen LogP contribution in [-0.2, 0) is 9.59 Å². The van der Waals surface area contributed by atoms with Crippen LogP contribution in [0.5, 0.6) is 11.5 Å². The molecular formula is C19H20N2O5S. The van der Waals surface area contributed by atoms with Crippen LogP contribution in [0.3, 0.4) is 0 Å². The lowest BCUT2D eigenvalue weighted by atomic mass is 10.0. The maximum atomic E-state index is 12.6. The number of benzene rings is 1. The molecule has 1 aliphatic rings. The first-order valence-corrected chi connectivity index (χ1v) is 9.28. The molecule has 2 aromatic rings. The molecule has 0 fully saturated rings. The lowest BCUT2D eigenvalue weighted by Crippen LogP contribution is -2.26. The highest BCUT2D eigenvalue weighted by Crippen LogP contribution is 2.38. The molecule has 142 valence electrons. The lowest BCUT2D eigenvalue weighted by molar-refractivity contribution is -0.141. The maximum absolute atomic E-state index is 12.6. The van der Waals surface area contributed by atoms with Gasteiger partial charge < -0.3 is 14.6 Å². The Morgan fingerprint density at radius 3 is 2.70 bits per heavy atom. The number of hydrogen-bond acceptors (Lipinski definition) is 6. The number of nitrogens with zero attached hydrogens (tertiary/aromatic N) is 2. The number of carboxylic acid groups (broad SMARTS) is 1. The molecule has 1 atom stereocenters. The van der Waals surface area contributed by atoms with Crippen molar-refractivity contribution >= 4 is 28.9 Å². The summed E-state index contributed by atoms with van der Waals surface area (Å²) in [7, 11) is 3.16. The number of ether oxygens (including phenoxy) is 2. The van der Waals surface area contributed by atoms with Crippen molar-refractivity contribution in [2.75, 3.05) is 14.2 Å². The van der Waals surface area contributed by atoms with Crippen LogP contribution in [0.15, 0.2) is 40.8 Å². The number of hydrazone groups is 1. The molecule has 1 aromatic heterocycles. The van der Waals surface area contributed by atoms with E-state index in [4.69, 9.17) is 14.6 Å². The summed E-state index contributed by atoms with van der Waals surface area (Å²) in [5, 5.41) is 16.8. The molecule has 0 saturated heterocycles. The van der Waals surface area contributed by atoms with Gasteiger partial charge in [-0.05, 0) is 29.6 Å². The Labute approximate surface area is 160 Å². The highest BCUT2D eigenvalue weighted by atomic mass is 32.1. The first kappa shape index (κ1) is 18.9. The molecule has 1 aliphatic heterocycles. The summed E-state index contributed by atoms with van der Waals surface area (Å²) >= 11 is 1.54. The third-order valence-corrected chi connectivity index (χ3v) is 5.28. The van der Waals surface area contributed by atoms with Crippen molar-refractivity contribution in [3.63, 3.8) is 0 Å². The van der Waals surface area contributed by atoms with Crippen LogP contribution >= 0.6 is 11.3 Å². The fraction of sp³-hybridized carbons (Fsp3) is 0.316. The van der Waals surface area contributed by atoms with Crippen molar-refractivity contribution < 1.29 is 24.2 Å². The van der Waals surface area contributed by atoms with E-state index >= 15 is 0 Å². The van der Waals surface area contributed by atoms with Crippen LogP contribution in [0.2, 0.25) is 0 Å². The normalized spacial score (nSPS) is 16.1. The van der Waals surface area contributed by atoms with Gasteiger partial charge in [0.15, 0.2) is 0 Å². The van der Waals surface area contributed by atoms with Crippen molar-refractivity contribution in [1.82, 2.24) is 5.01 Å². The third kappa shape index (κ3) is 4.11. The Morgan fingerprint density at radius 2 is 2.07 bits per heavy atom. The van der Waals surface area contributed by atoms with Gasteiger partial charge >= 0.3 is 5.97 Å². The number of amides is 1. The van der Waals surface area contributed by atoms with E-state index in [2.05, 4.69) is 5.10 Å². The van der Waals surface area contributed by atoms with E-state index < -0.39 is 5.97 Å². The predicted molar refractivity (Wildman–Crippen MR) is 101 cm³/mol. The molecule has 0 unspecified atom stereocenters. The molecule has 0 aliphatic carbocycles. The van der Waals surface area contributed by atoms with Crippen LogP contribution in [0.1, 0.15) is 35.7 Å². The largest absolute Gasteiger partial charge is 0.497 e. The number of carbonyl (C=O) groups is 2. The molecule has 1 aromatic carbocycles. The van der Waals surface area contributed by atoms with Crippen LogP contribution in [0.25, 0.3) is 0 Å². The number of carboxylic acids is 1. The van der Waals surface area contributed by atoms with Crippen molar-refractivity contribution in [2.45, 2.75) is 25.3 Å². The van der Waals surface area contributed by atoms with Gasteiger partial charge in [0.05, 0.1) is 32.4 Å². The first-order valence-electron chi connectivity index (χ1n) is 8.40. The number of rotatable bonds is 7. The van der Waals surface area contributed by atoms with Gasteiger partial charge in [-0.3, -0.25) is 9.59 Å². The Bertz CT molecular complexity index is 863. The summed E-state index contributed by atoms with van der Waals surface area (Å²) in [5.74, 6) is -0.0160. The van der Waals surface area contributed by atoms with Gasteiger partial charge in [-0.25, -0.2) is 5.01 Å². The van der Waals surface area contributed by atoms with E-state index in [1.54, 1.807) is 37.7 Å². The molecular weight excluding hydrogens is 368 g/mol. The predicted octanol–water partition coefficient (Wildman–Crippen LogP) is 3.31. The molecule has 7 nitrogen and oxygen atoms in total. The minimum Gasteiger partial charge on any atom is -0.497 e. The van der Waals surface area contributed by atoms with Crippen LogP contribution in [-0.4, -0.2) is 41.9 Å². The standard InChI is InChI=1S/C19H20N2O5S/c1-25-12-5-6-16(26-2)13(10-12)14-11-15(17-4-3-9-27-17)21(20-14)18(22)7-8-19(23)24/h3-6,9-10,15H,7-8,11H2,1-2H3,(H,23,24)/t15-/m1/s1. The van der Waals surface area contributed by atoms with Gasteiger partial charge in [-0.2, -0.15) is 5.10 Å². The summed E-state index contributed by atoms with van der Waals surface area (Å²) in [5.41, 5.74) is 1.46. The summed E-state index contributed by atoms with van der Waals surface area (Å²) in [6.45, 7) is 0. The van der Waals surface area contributed by atoms with Gasteiger partial charge in [-0.15, -0.1) is 11.3 Å². The van der Waals surface area contributed by atoms with Crippen molar-refractivity contribution in [2.24, 2.45) is 5.10 Å². The summed E-state index contributed by atoms with van der Waals surface area (Å²) < 4.78 is 10.7. The minimum absolute atomic E-state index is 0.0940. The molecule has 2 heterocycles. The number of carbonyl (C=O) groups excluding carboxylic acids is 1. The highest BCUT2D eigenvalue weighted by Gasteiger charge is 2.34. The molecule has 1 N–H and O–H groups in total. The van der Waals surface area contributed by atoms with Crippen LogP contribution in [0, 0.1) is 0 Å². The second kappa shape index (κ2) is 8.22. The zero-order chi connectivity index (χ0) is 19.4. The second-order valence-electron chi connectivity index (χ2n) is 5.98. The Hall–Kier alpha value is -2.87. The number of thiophene rings is 1. The van der Waals surface area contributed by atoms with E-state index in [1.165, 1.54) is 5.01 Å². The summed E-state index contributed by atoms with van der Waals surface area (Å²) in [6.07, 6.45) is 0.200. The molecule has 0 saturated carbocycles.